The molecule has 1 N–H and O–H groups in total. The first-order valence-electron chi connectivity index (χ1n) is 7.24. The first kappa shape index (κ1) is 16.7. The summed E-state index contributed by atoms with van der Waals surface area (Å²) in [5.74, 6) is 1.53. The largest absolute Gasteiger partial charge is 0.489 e. The molecule has 1 aromatic carbocycles. The Kier molecular flexibility index (Phi) is 7.34. The molecule has 0 fully saturated rings. The average molecular weight is 276 g/mol. The minimum atomic E-state index is 0.470. The lowest BCUT2D eigenvalue weighted by Gasteiger charge is -2.26. The summed E-state index contributed by atoms with van der Waals surface area (Å²) in [6.45, 7) is 10.6. The molecule has 1 rings (SSSR count). The molecule has 0 heterocycles. The standard InChI is InChI=1S/C17H28N2O/c1-6-11-20-17-10-8-7-9-15(17)12-18-16(14(2)3)13-19(4)5/h6-10,14,16,18H,1,11-13H2,2-5H3. The number of nitrogens with one attached hydrogen (secondary N) is 1. The summed E-state index contributed by atoms with van der Waals surface area (Å²) in [6.07, 6.45) is 1.77. The molecule has 0 saturated heterocycles. The van der Waals surface area contributed by atoms with Crippen molar-refractivity contribution in [2.45, 2.75) is 26.4 Å². The number of hydrogen-bond donors (Lipinski definition) is 1. The van der Waals surface area contributed by atoms with Crippen molar-refractivity contribution in [2.24, 2.45) is 5.92 Å². The van der Waals surface area contributed by atoms with Gasteiger partial charge in [0.15, 0.2) is 0 Å². The van der Waals surface area contributed by atoms with E-state index in [1.807, 2.05) is 18.2 Å². The minimum Gasteiger partial charge on any atom is -0.489 e. The van der Waals surface area contributed by atoms with Gasteiger partial charge in [0, 0.05) is 24.7 Å². The predicted molar refractivity (Wildman–Crippen MR) is 86.2 cm³/mol. The molecule has 112 valence electrons. The van der Waals surface area contributed by atoms with E-state index in [0.29, 0.717) is 18.6 Å². The van der Waals surface area contributed by atoms with Gasteiger partial charge < -0.3 is 15.0 Å². The molecule has 0 aromatic heterocycles. The van der Waals surface area contributed by atoms with Gasteiger partial charge >= 0.3 is 0 Å². The van der Waals surface area contributed by atoms with E-state index in [1.54, 1.807) is 6.08 Å². The van der Waals surface area contributed by atoms with Gasteiger partial charge in [-0.05, 0) is 26.1 Å². The highest BCUT2D eigenvalue weighted by atomic mass is 16.5. The second kappa shape index (κ2) is 8.77. The molecule has 20 heavy (non-hydrogen) atoms. The van der Waals surface area contributed by atoms with Crippen molar-refractivity contribution in [1.82, 2.24) is 10.2 Å². The van der Waals surface area contributed by atoms with Gasteiger partial charge in [-0.25, -0.2) is 0 Å². The fourth-order valence-corrected chi connectivity index (χ4v) is 2.08. The van der Waals surface area contributed by atoms with E-state index in [9.17, 15) is 0 Å². The Morgan fingerprint density at radius 3 is 2.60 bits per heavy atom. The summed E-state index contributed by atoms with van der Waals surface area (Å²) in [4.78, 5) is 2.22. The maximum atomic E-state index is 5.69. The molecule has 1 atom stereocenters. The summed E-state index contributed by atoms with van der Waals surface area (Å²) in [7, 11) is 4.22. The van der Waals surface area contributed by atoms with Gasteiger partial charge in [-0.15, -0.1) is 0 Å². The van der Waals surface area contributed by atoms with E-state index in [-0.39, 0.29) is 0 Å². The van der Waals surface area contributed by atoms with Crippen molar-refractivity contribution >= 4 is 0 Å². The van der Waals surface area contributed by atoms with Crippen molar-refractivity contribution in [2.75, 3.05) is 27.2 Å². The zero-order valence-corrected chi connectivity index (χ0v) is 13.2. The van der Waals surface area contributed by atoms with Crippen molar-refractivity contribution in [3.63, 3.8) is 0 Å². The maximum absolute atomic E-state index is 5.69. The van der Waals surface area contributed by atoms with Crippen LogP contribution in [0.15, 0.2) is 36.9 Å². The van der Waals surface area contributed by atoms with E-state index < -0.39 is 0 Å². The second-order valence-corrected chi connectivity index (χ2v) is 5.70. The van der Waals surface area contributed by atoms with Crippen LogP contribution in [0.25, 0.3) is 0 Å². The van der Waals surface area contributed by atoms with Gasteiger partial charge in [-0.1, -0.05) is 44.7 Å². The number of rotatable bonds is 9. The quantitative estimate of drug-likeness (QED) is 0.702. The summed E-state index contributed by atoms with van der Waals surface area (Å²) >= 11 is 0. The van der Waals surface area contributed by atoms with E-state index in [4.69, 9.17) is 4.74 Å². The highest BCUT2D eigenvalue weighted by molar-refractivity contribution is 5.33. The molecule has 0 saturated carbocycles. The Morgan fingerprint density at radius 2 is 2.00 bits per heavy atom. The topological polar surface area (TPSA) is 24.5 Å². The Hall–Kier alpha value is -1.32. The molecule has 3 nitrogen and oxygen atoms in total. The van der Waals surface area contributed by atoms with Gasteiger partial charge in [-0.3, -0.25) is 0 Å². The number of likely N-dealkylation sites (N-methyl/N-ethyl adjacent to an activating group) is 1. The van der Waals surface area contributed by atoms with Gasteiger partial charge in [0.2, 0.25) is 0 Å². The molecule has 0 aliphatic carbocycles. The number of para-hydroxylation sites is 1. The summed E-state index contributed by atoms with van der Waals surface area (Å²) < 4.78 is 5.69. The van der Waals surface area contributed by atoms with Crippen LogP contribution >= 0.6 is 0 Å². The number of benzene rings is 1. The third-order valence-electron chi connectivity index (χ3n) is 3.25. The molecular formula is C17H28N2O. The highest BCUT2D eigenvalue weighted by Gasteiger charge is 2.14. The van der Waals surface area contributed by atoms with Crippen LogP contribution in [-0.4, -0.2) is 38.2 Å². The van der Waals surface area contributed by atoms with Crippen LogP contribution in [0.1, 0.15) is 19.4 Å². The molecule has 0 spiro atoms. The molecule has 3 heteroatoms. The van der Waals surface area contributed by atoms with Crippen LogP contribution in [0.5, 0.6) is 5.75 Å². The van der Waals surface area contributed by atoms with Crippen molar-refractivity contribution in [3.05, 3.63) is 42.5 Å². The van der Waals surface area contributed by atoms with Crippen LogP contribution in [0.3, 0.4) is 0 Å². The zero-order chi connectivity index (χ0) is 15.0. The third-order valence-corrected chi connectivity index (χ3v) is 3.25. The normalized spacial score (nSPS) is 12.7. The van der Waals surface area contributed by atoms with E-state index >= 15 is 0 Å². The average Bonchev–Trinajstić information content (AvgIpc) is 2.41. The fourth-order valence-electron chi connectivity index (χ4n) is 2.08. The van der Waals surface area contributed by atoms with Gasteiger partial charge in [0.1, 0.15) is 12.4 Å². The number of hydrogen-bond acceptors (Lipinski definition) is 3. The first-order valence-corrected chi connectivity index (χ1v) is 7.24. The molecular weight excluding hydrogens is 248 g/mol. The van der Waals surface area contributed by atoms with E-state index in [2.05, 4.69) is 50.8 Å². The van der Waals surface area contributed by atoms with Crippen molar-refractivity contribution in [3.8, 4) is 5.75 Å². The molecule has 0 aliphatic heterocycles. The summed E-state index contributed by atoms with van der Waals surface area (Å²) in [6, 6.07) is 8.64. The number of nitrogens with zero attached hydrogens (tertiary/aromatic N) is 1. The lowest BCUT2D eigenvalue weighted by molar-refractivity contribution is 0.286. The lowest BCUT2D eigenvalue weighted by Crippen LogP contribution is -2.41. The van der Waals surface area contributed by atoms with Crippen LogP contribution in [0, 0.1) is 5.92 Å². The van der Waals surface area contributed by atoms with Crippen molar-refractivity contribution in [1.29, 1.82) is 0 Å². The fraction of sp³-hybridized carbons (Fsp3) is 0.529. The van der Waals surface area contributed by atoms with Crippen LogP contribution in [0.2, 0.25) is 0 Å². The highest BCUT2D eigenvalue weighted by Crippen LogP contribution is 2.18. The smallest absolute Gasteiger partial charge is 0.124 e. The number of ether oxygens (including phenoxy) is 1. The lowest BCUT2D eigenvalue weighted by atomic mass is 10.0. The Balaban J connectivity index is 2.64. The molecule has 0 aliphatic rings. The molecule has 1 aromatic rings. The maximum Gasteiger partial charge on any atom is 0.124 e. The Labute approximate surface area is 123 Å². The monoisotopic (exact) mass is 276 g/mol. The van der Waals surface area contributed by atoms with Gasteiger partial charge in [0.25, 0.3) is 0 Å². The van der Waals surface area contributed by atoms with Gasteiger partial charge in [-0.2, -0.15) is 0 Å². The van der Waals surface area contributed by atoms with Gasteiger partial charge in [0.05, 0.1) is 0 Å². The van der Waals surface area contributed by atoms with E-state index in [1.165, 1.54) is 5.56 Å². The second-order valence-electron chi connectivity index (χ2n) is 5.70. The summed E-state index contributed by atoms with van der Waals surface area (Å²) in [5, 5.41) is 3.64. The molecule has 1 unspecified atom stereocenters. The first-order chi connectivity index (χ1) is 9.54. The van der Waals surface area contributed by atoms with Crippen molar-refractivity contribution < 1.29 is 4.74 Å². The SMILES string of the molecule is C=CCOc1ccccc1CNC(CN(C)C)C(C)C. The predicted octanol–water partition coefficient (Wildman–Crippen LogP) is 2.93. The van der Waals surface area contributed by atoms with Crippen LogP contribution in [0.4, 0.5) is 0 Å². The molecule has 0 amide bonds. The molecule has 0 bridgehead atoms. The minimum absolute atomic E-state index is 0.470. The Morgan fingerprint density at radius 1 is 1.30 bits per heavy atom. The molecule has 0 radical (unpaired) electrons. The Bertz CT molecular complexity index is 402. The van der Waals surface area contributed by atoms with E-state index in [0.717, 1.165) is 18.8 Å². The van der Waals surface area contributed by atoms with Crippen LogP contribution < -0.4 is 10.1 Å². The summed E-state index contributed by atoms with van der Waals surface area (Å²) in [5.41, 5.74) is 1.19. The third kappa shape index (κ3) is 5.76. The zero-order valence-electron chi connectivity index (χ0n) is 13.2. The van der Waals surface area contributed by atoms with Crippen LogP contribution in [-0.2, 0) is 6.54 Å².